The smallest absolute Gasteiger partial charge is 0.249 e. The van der Waals surface area contributed by atoms with Gasteiger partial charge in [0.25, 0.3) is 0 Å². The fourth-order valence-corrected chi connectivity index (χ4v) is 4.82. The molecule has 2 aromatic carbocycles. The Balaban J connectivity index is 1.49. The second-order valence-corrected chi connectivity index (χ2v) is 8.60. The molecule has 0 saturated carbocycles. The summed E-state index contributed by atoms with van der Waals surface area (Å²) in [5, 5.41) is 14.2. The van der Waals surface area contributed by atoms with Gasteiger partial charge in [-0.15, -0.1) is 21.5 Å². The highest BCUT2D eigenvalue weighted by Crippen LogP contribution is 2.29. The largest absolute Gasteiger partial charge is 0.368 e. The molecule has 158 valence electrons. The first-order chi connectivity index (χ1) is 15.2. The number of hydrogen-bond acceptors (Lipinski definition) is 7. The van der Waals surface area contributed by atoms with E-state index in [1.165, 1.54) is 23.1 Å². The van der Waals surface area contributed by atoms with Crippen LogP contribution in [0.25, 0.3) is 11.3 Å². The Labute approximate surface area is 188 Å². The lowest BCUT2D eigenvalue weighted by atomic mass is 10.2. The highest BCUT2D eigenvalue weighted by atomic mass is 32.2. The predicted molar refractivity (Wildman–Crippen MR) is 126 cm³/mol. The minimum atomic E-state index is -0.530. The van der Waals surface area contributed by atoms with Crippen molar-refractivity contribution in [2.75, 3.05) is 11.1 Å². The van der Waals surface area contributed by atoms with E-state index in [0.717, 1.165) is 16.8 Å². The summed E-state index contributed by atoms with van der Waals surface area (Å²) in [5.74, 6) is 0.746. The maximum atomic E-state index is 13.1. The lowest BCUT2D eigenvalue weighted by Crippen LogP contribution is -2.27. The summed E-state index contributed by atoms with van der Waals surface area (Å²) in [6, 6.07) is 19.4. The maximum Gasteiger partial charge on any atom is 0.249 e. The Morgan fingerprint density at radius 2 is 1.84 bits per heavy atom. The number of carbonyl (C=O) groups excluding carboxylic acids is 1. The van der Waals surface area contributed by atoms with Crippen molar-refractivity contribution in [3.05, 3.63) is 71.6 Å². The zero-order chi connectivity index (χ0) is 21.6. The van der Waals surface area contributed by atoms with Gasteiger partial charge < -0.3 is 11.1 Å². The minimum absolute atomic E-state index is 0.190. The monoisotopic (exact) mass is 450 g/mol. The fourth-order valence-electron chi connectivity index (χ4n) is 3.15. The van der Waals surface area contributed by atoms with Crippen LogP contribution < -0.4 is 11.1 Å². The van der Waals surface area contributed by atoms with Crippen LogP contribution in [0.1, 0.15) is 24.9 Å². The SMILES string of the molecule is CCC(C(=O)Nc1nc(-c2ccccc2)cs1)n1c(N)nnc1SCc1ccccc1. The van der Waals surface area contributed by atoms with E-state index in [1.807, 2.05) is 73.0 Å². The third-order valence-corrected chi connectivity index (χ3v) is 6.48. The molecule has 1 amide bonds. The second kappa shape index (κ2) is 9.76. The number of amides is 1. The average molecular weight is 451 g/mol. The van der Waals surface area contributed by atoms with Gasteiger partial charge in [0.2, 0.25) is 11.9 Å². The van der Waals surface area contributed by atoms with Crippen LogP contribution in [0.5, 0.6) is 0 Å². The molecule has 4 rings (SSSR count). The number of anilines is 2. The lowest BCUT2D eigenvalue weighted by Gasteiger charge is -2.18. The van der Waals surface area contributed by atoms with Crippen LogP contribution in [0.15, 0.2) is 71.2 Å². The zero-order valence-corrected chi connectivity index (χ0v) is 18.6. The van der Waals surface area contributed by atoms with Crippen LogP contribution in [-0.4, -0.2) is 25.7 Å². The van der Waals surface area contributed by atoms with Gasteiger partial charge >= 0.3 is 0 Å². The van der Waals surface area contributed by atoms with Crippen LogP contribution in [0.4, 0.5) is 11.1 Å². The van der Waals surface area contributed by atoms with E-state index in [2.05, 4.69) is 20.5 Å². The first-order valence-corrected chi connectivity index (χ1v) is 11.7. The number of aromatic nitrogens is 4. The number of thioether (sulfide) groups is 1. The third kappa shape index (κ3) is 4.95. The summed E-state index contributed by atoms with van der Waals surface area (Å²) in [4.78, 5) is 17.6. The molecular weight excluding hydrogens is 428 g/mol. The number of thiazole rings is 1. The fraction of sp³-hybridized carbons (Fsp3) is 0.182. The second-order valence-electron chi connectivity index (χ2n) is 6.80. The molecule has 0 aliphatic heterocycles. The van der Waals surface area contributed by atoms with E-state index in [1.54, 1.807) is 4.57 Å². The van der Waals surface area contributed by atoms with Crippen molar-refractivity contribution in [3.63, 3.8) is 0 Å². The molecule has 31 heavy (non-hydrogen) atoms. The number of carbonyl (C=O) groups is 1. The standard InChI is InChI=1S/C22H22N6OS2/c1-2-18(19(29)25-21-24-17(14-30-21)16-11-7-4-8-12-16)28-20(23)26-27-22(28)31-13-15-9-5-3-6-10-15/h3-12,14,18H,2,13H2,1H3,(H2,23,26)(H,24,25,29). The molecule has 9 heteroatoms. The molecule has 7 nitrogen and oxygen atoms in total. The van der Waals surface area contributed by atoms with Crippen LogP contribution in [0.3, 0.4) is 0 Å². The molecule has 4 aromatic rings. The molecule has 0 aliphatic rings. The molecule has 1 atom stereocenters. The minimum Gasteiger partial charge on any atom is -0.368 e. The number of nitrogens with one attached hydrogen (secondary N) is 1. The van der Waals surface area contributed by atoms with Gasteiger partial charge in [-0.1, -0.05) is 79.3 Å². The Hall–Kier alpha value is -3.17. The van der Waals surface area contributed by atoms with E-state index in [9.17, 15) is 4.79 Å². The Morgan fingerprint density at radius 3 is 2.55 bits per heavy atom. The van der Waals surface area contributed by atoms with Crippen molar-refractivity contribution in [2.45, 2.75) is 30.3 Å². The van der Waals surface area contributed by atoms with Crippen molar-refractivity contribution in [1.82, 2.24) is 19.7 Å². The Bertz CT molecular complexity index is 1140. The van der Waals surface area contributed by atoms with Gasteiger partial charge in [0, 0.05) is 16.7 Å². The van der Waals surface area contributed by atoms with Gasteiger partial charge in [0.15, 0.2) is 10.3 Å². The van der Waals surface area contributed by atoms with E-state index in [0.29, 0.717) is 22.5 Å². The molecule has 3 N–H and O–H groups in total. The first-order valence-electron chi connectivity index (χ1n) is 9.84. The van der Waals surface area contributed by atoms with Gasteiger partial charge in [0.05, 0.1) is 5.69 Å². The normalized spacial score (nSPS) is 11.9. The molecule has 0 spiro atoms. The van der Waals surface area contributed by atoms with E-state index in [-0.39, 0.29) is 11.9 Å². The number of benzene rings is 2. The van der Waals surface area contributed by atoms with E-state index in [4.69, 9.17) is 5.73 Å². The molecular formula is C22H22N6OS2. The molecule has 2 aromatic heterocycles. The van der Waals surface area contributed by atoms with Gasteiger partial charge in [-0.05, 0) is 12.0 Å². The molecule has 0 radical (unpaired) electrons. The highest BCUT2D eigenvalue weighted by molar-refractivity contribution is 7.98. The topological polar surface area (TPSA) is 98.7 Å². The van der Waals surface area contributed by atoms with Crippen molar-refractivity contribution in [3.8, 4) is 11.3 Å². The van der Waals surface area contributed by atoms with Crippen molar-refractivity contribution < 1.29 is 4.79 Å². The van der Waals surface area contributed by atoms with Crippen LogP contribution in [-0.2, 0) is 10.5 Å². The van der Waals surface area contributed by atoms with Crippen molar-refractivity contribution in [2.24, 2.45) is 0 Å². The number of nitrogens with zero attached hydrogens (tertiary/aromatic N) is 4. The molecule has 0 bridgehead atoms. The van der Waals surface area contributed by atoms with Crippen molar-refractivity contribution in [1.29, 1.82) is 0 Å². The summed E-state index contributed by atoms with van der Waals surface area (Å²) >= 11 is 2.90. The third-order valence-electron chi connectivity index (χ3n) is 4.71. The predicted octanol–water partition coefficient (Wildman–Crippen LogP) is 4.87. The molecule has 0 fully saturated rings. The number of hydrogen-bond donors (Lipinski definition) is 2. The summed E-state index contributed by atoms with van der Waals surface area (Å²) < 4.78 is 1.70. The lowest BCUT2D eigenvalue weighted by molar-refractivity contribution is -0.119. The van der Waals surface area contributed by atoms with E-state index >= 15 is 0 Å². The van der Waals surface area contributed by atoms with Gasteiger partial charge in [0.1, 0.15) is 6.04 Å². The number of rotatable bonds is 8. The molecule has 0 aliphatic carbocycles. The summed E-state index contributed by atoms with van der Waals surface area (Å²) in [5.41, 5.74) is 9.08. The van der Waals surface area contributed by atoms with E-state index < -0.39 is 6.04 Å². The summed E-state index contributed by atoms with van der Waals surface area (Å²) in [7, 11) is 0. The quantitative estimate of drug-likeness (QED) is 0.372. The average Bonchev–Trinajstić information content (AvgIpc) is 3.41. The Kier molecular flexibility index (Phi) is 6.63. The number of nitrogen functional groups attached to an aromatic ring is 1. The Morgan fingerprint density at radius 1 is 1.13 bits per heavy atom. The molecule has 2 heterocycles. The molecule has 0 saturated heterocycles. The first kappa shape index (κ1) is 21.1. The summed E-state index contributed by atoms with van der Waals surface area (Å²) in [6.07, 6.45) is 0.546. The van der Waals surface area contributed by atoms with Crippen LogP contribution in [0, 0.1) is 0 Å². The summed E-state index contributed by atoms with van der Waals surface area (Å²) in [6.45, 7) is 1.94. The zero-order valence-electron chi connectivity index (χ0n) is 16.9. The number of nitrogens with two attached hydrogens (primary N) is 1. The maximum absolute atomic E-state index is 13.1. The highest BCUT2D eigenvalue weighted by Gasteiger charge is 2.25. The molecule has 1 unspecified atom stereocenters. The van der Waals surface area contributed by atoms with Crippen LogP contribution >= 0.6 is 23.1 Å². The van der Waals surface area contributed by atoms with Gasteiger partial charge in [-0.25, -0.2) is 4.98 Å². The van der Waals surface area contributed by atoms with Crippen molar-refractivity contribution >= 4 is 40.1 Å². The van der Waals surface area contributed by atoms with Crippen LogP contribution in [0.2, 0.25) is 0 Å². The van der Waals surface area contributed by atoms with Gasteiger partial charge in [-0.3, -0.25) is 9.36 Å². The van der Waals surface area contributed by atoms with Gasteiger partial charge in [-0.2, -0.15) is 0 Å².